The molecule has 2 N–H and O–H groups in total. The van der Waals surface area contributed by atoms with Gasteiger partial charge in [0.2, 0.25) is 5.91 Å². The molecule has 0 aliphatic carbocycles. The maximum atomic E-state index is 12.8. The second-order valence-corrected chi connectivity index (χ2v) is 7.64. The highest BCUT2D eigenvalue weighted by molar-refractivity contribution is 6.34. The minimum atomic E-state index is -0.0486. The zero-order chi connectivity index (χ0) is 17.3. The van der Waals surface area contributed by atoms with E-state index in [4.69, 9.17) is 11.6 Å². The van der Waals surface area contributed by atoms with Gasteiger partial charge in [0.15, 0.2) is 0 Å². The quantitative estimate of drug-likeness (QED) is 0.836. The van der Waals surface area contributed by atoms with Crippen LogP contribution in [0.3, 0.4) is 0 Å². The molecule has 2 aliphatic heterocycles. The molecule has 2 saturated heterocycles. The number of nitrogens with zero attached hydrogens (tertiary/aromatic N) is 1. The summed E-state index contributed by atoms with van der Waals surface area (Å²) in [4.78, 5) is 26.6. The first-order chi connectivity index (χ1) is 11.4. The van der Waals surface area contributed by atoms with Gasteiger partial charge in [-0.25, -0.2) is 0 Å². The number of nitrogens with one attached hydrogen (secondary N) is 2. The monoisotopic (exact) mass is 385 g/mol. The van der Waals surface area contributed by atoms with Crippen molar-refractivity contribution in [2.45, 2.75) is 20.3 Å². The topological polar surface area (TPSA) is 61.4 Å². The Labute approximate surface area is 159 Å². The van der Waals surface area contributed by atoms with Gasteiger partial charge in [-0.2, -0.15) is 0 Å². The minimum absolute atomic E-state index is 0. The molecule has 5 nitrogen and oxygen atoms in total. The number of anilines is 1. The van der Waals surface area contributed by atoms with Gasteiger partial charge >= 0.3 is 0 Å². The summed E-state index contributed by atoms with van der Waals surface area (Å²) in [6, 6.07) is 5.10. The van der Waals surface area contributed by atoms with Crippen molar-refractivity contribution in [2.24, 2.45) is 17.8 Å². The lowest BCUT2D eigenvalue weighted by molar-refractivity contribution is -0.116. The van der Waals surface area contributed by atoms with Crippen LogP contribution >= 0.6 is 24.0 Å². The van der Waals surface area contributed by atoms with Gasteiger partial charge in [-0.3, -0.25) is 9.59 Å². The third-order valence-corrected chi connectivity index (χ3v) is 5.08. The van der Waals surface area contributed by atoms with Gasteiger partial charge in [-0.05, 0) is 36.0 Å². The molecular formula is C18H25Cl2N3O2. The van der Waals surface area contributed by atoms with Crippen molar-refractivity contribution < 1.29 is 9.59 Å². The molecule has 1 aromatic rings. The Morgan fingerprint density at radius 2 is 1.92 bits per heavy atom. The van der Waals surface area contributed by atoms with Crippen molar-refractivity contribution in [3.63, 3.8) is 0 Å². The summed E-state index contributed by atoms with van der Waals surface area (Å²) < 4.78 is 0. The van der Waals surface area contributed by atoms with Crippen LogP contribution in [0.2, 0.25) is 5.02 Å². The van der Waals surface area contributed by atoms with E-state index in [-0.39, 0.29) is 30.1 Å². The lowest BCUT2D eigenvalue weighted by atomic mass is 10.0. The Hall–Kier alpha value is -1.30. The van der Waals surface area contributed by atoms with E-state index < -0.39 is 0 Å². The summed E-state index contributed by atoms with van der Waals surface area (Å²) in [5.41, 5.74) is 1.08. The van der Waals surface area contributed by atoms with Gasteiger partial charge in [0.1, 0.15) is 0 Å². The lowest BCUT2D eigenvalue weighted by Gasteiger charge is -2.19. The molecule has 7 heteroatoms. The fourth-order valence-corrected chi connectivity index (χ4v) is 3.74. The highest BCUT2D eigenvalue weighted by Gasteiger charge is 2.38. The first kappa shape index (κ1) is 20.0. The molecule has 0 unspecified atom stereocenters. The SMILES string of the molecule is CC(C)CC(=O)Nc1ccc(Cl)c(C(=O)N2C[C@H]3CNC[C@H]3C2)c1.Cl. The van der Waals surface area contributed by atoms with Crippen LogP contribution in [0.25, 0.3) is 0 Å². The van der Waals surface area contributed by atoms with Gasteiger partial charge in [-0.1, -0.05) is 25.4 Å². The van der Waals surface area contributed by atoms with Crippen molar-refractivity contribution in [3.05, 3.63) is 28.8 Å². The number of amides is 2. The standard InChI is InChI=1S/C18H24ClN3O2.ClH/c1-11(2)5-17(23)21-14-3-4-16(19)15(6-14)18(24)22-9-12-7-20-8-13(12)10-22;/h3-4,6,11-13,20H,5,7-10H2,1-2H3,(H,21,23);1H/t12-,13+;. The molecule has 0 saturated carbocycles. The predicted molar refractivity (Wildman–Crippen MR) is 103 cm³/mol. The molecule has 0 spiro atoms. The summed E-state index contributed by atoms with van der Waals surface area (Å²) in [5, 5.41) is 6.65. The number of benzene rings is 1. The van der Waals surface area contributed by atoms with E-state index in [0.717, 1.165) is 26.2 Å². The number of rotatable bonds is 4. The van der Waals surface area contributed by atoms with E-state index in [1.807, 2.05) is 18.7 Å². The second kappa shape index (κ2) is 8.39. The van der Waals surface area contributed by atoms with E-state index in [1.165, 1.54) is 0 Å². The number of carbonyl (C=O) groups is 2. The Balaban J connectivity index is 0.00000225. The van der Waals surface area contributed by atoms with Crippen LogP contribution in [0.4, 0.5) is 5.69 Å². The van der Waals surface area contributed by atoms with Crippen molar-refractivity contribution in [1.82, 2.24) is 10.2 Å². The third kappa shape index (κ3) is 4.66. The summed E-state index contributed by atoms with van der Waals surface area (Å²) in [6.45, 7) is 7.50. The Kier molecular flexibility index (Phi) is 6.72. The summed E-state index contributed by atoms with van der Waals surface area (Å²) in [7, 11) is 0. The van der Waals surface area contributed by atoms with Gasteiger partial charge < -0.3 is 15.5 Å². The fraction of sp³-hybridized carbons (Fsp3) is 0.556. The summed E-state index contributed by atoms with van der Waals surface area (Å²) >= 11 is 6.24. The summed E-state index contributed by atoms with van der Waals surface area (Å²) in [6.07, 6.45) is 0.453. The number of hydrogen-bond acceptors (Lipinski definition) is 3. The second-order valence-electron chi connectivity index (χ2n) is 7.23. The van der Waals surface area contributed by atoms with Crippen LogP contribution in [-0.2, 0) is 4.79 Å². The maximum Gasteiger partial charge on any atom is 0.255 e. The lowest BCUT2D eigenvalue weighted by Crippen LogP contribution is -2.32. The van der Waals surface area contributed by atoms with Crippen LogP contribution < -0.4 is 10.6 Å². The van der Waals surface area contributed by atoms with Gasteiger partial charge in [0.05, 0.1) is 10.6 Å². The average molecular weight is 386 g/mol. The molecule has 2 heterocycles. The zero-order valence-corrected chi connectivity index (χ0v) is 16.1. The molecule has 138 valence electrons. The normalized spacial score (nSPS) is 21.8. The number of hydrogen-bond donors (Lipinski definition) is 2. The molecule has 1 aromatic carbocycles. The number of likely N-dealkylation sites (tertiary alicyclic amines) is 1. The van der Waals surface area contributed by atoms with E-state index >= 15 is 0 Å². The Bertz CT molecular complexity index is 639. The molecule has 2 atom stereocenters. The molecule has 2 fully saturated rings. The average Bonchev–Trinajstić information content (AvgIpc) is 3.09. The molecule has 25 heavy (non-hydrogen) atoms. The molecule has 3 rings (SSSR count). The van der Waals surface area contributed by atoms with Crippen molar-refractivity contribution in [1.29, 1.82) is 0 Å². The van der Waals surface area contributed by atoms with Crippen molar-refractivity contribution >= 4 is 41.5 Å². The maximum absolute atomic E-state index is 12.8. The molecule has 2 aliphatic rings. The summed E-state index contributed by atoms with van der Waals surface area (Å²) in [5.74, 6) is 1.28. The van der Waals surface area contributed by atoms with Crippen LogP contribution in [0.1, 0.15) is 30.6 Å². The molecular weight excluding hydrogens is 361 g/mol. The highest BCUT2D eigenvalue weighted by atomic mass is 35.5. The van der Waals surface area contributed by atoms with Gasteiger partial charge in [0.25, 0.3) is 5.91 Å². The fourth-order valence-electron chi connectivity index (χ4n) is 3.54. The van der Waals surface area contributed by atoms with E-state index in [9.17, 15) is 9.59 Å². The third-order valence-electron chi connectivity index (χ3n) is 4.75. The highest BCUT2D eigenvalue weighted by Crippen LogP contribution is 2.29. The predicted octanol–water partition coefficient (Wildman–Crippen LogP) is 3.04. The first-order valence-electron chi connectivity index (χ1n) is 8.53. The largest absolute Gasteiger partial charge is 0.338 e. The number of carbonyl (C=O) groups excluding carboxylic acids is 2. The van der Waals surface area contributed by atoms with E-state index in [1.54, 1.807) is 18.2 Å². The molecule has 2 amide bonds. The van der Waals surface area contributed by atoms with E-state index in [0.29, 0.717) is 34.5 Å². The smallest absolute Gasteiger partial charge is 0.255 e. The van der Waals surface area contributed by atoms with Gasteiger partial charge in [0, 0.05) is 38.3 Å². The van der Waals surface area contributed by atoms with Crippen LogP contribution in [0, 0.1) is 17.8 Å². The Morgan fingerprint density at radius 3 is 2.52 bits per heavy atom. The number of halogens is 2. The first-order valence-corrected chi connectivity index (χ1v) is 8.91. The molecule has 0 radical (unpaired) electrons. The number of fused-ring (bicyclic) bond motifs is 1. The van der Waals surface area contributed by atoms with Crippen LogP contribution in [0.5, 0.6) is 0 Å². The Morgan fingerprint density at radius 1 is 1.28 bits per heavy atom. The van der Waals surface area contributed by atoms with Gasteiger partial charge in [-0.15, -0.1) is 12.4 Å². The molecule has 0 bridgehead atoms. The van der Waals surface area contributed by atoms with Crippen molar-refractivity contribution in [2.75, 3.05) is 31.5 Å². The zero-order valence-electron chi connectivity index (χ0n) is 14.5. The van der Waals surface area contributed by atoms with Crippen LogP contribution in [-0.4, -0.2) is 42.9 Å². The minimum Gasteiger partial charge on any atom is -0.338 e. The van der Waals surface area contributed by atoms with Crippen molar-refractivity contribution in [3.8, 4) is 0 Å². The van der Waals surface area contributed by atoms with Crippen LogP contribution in [0.15, 0.2) is 18.2 Å². The molecule has 0 aromatic heterocycles. The van der Waals surface area contributed by atoms with E-state index in [2.05, 4.69) is 10.6 Å².